The molecule has 1 unspecified atom stereocenters. The predicted octanol–water partition coefficient (Wildman–Crippen LogP) is 2.72. The van der Waals surface area contributed by atoms with Gasteiger partial charge >= 0.3 is 0 Å². The van der Waals surface area contributed by atoms with Crippen molar-refractivity contribution in [2.24, 2.45) is 0 Å². The van der Waals surface area contributed by atoms with Crippen molar-refractivity contribution < 1.29 is 0 Å². The SMILES string of the molecule is Cc1cc(C)c2[nH]c(CNCCC3CCCN3C)cc(=O)c2c1. The first-order valence-electron chi connectivity index (χ1n) is 8.58. The number of aromatic nitrogens is 1. The normalized spacial score (nSPS) is 18.8. The zero-order valence-electron chi connectivity index (χ0n) is 14.4. The summed E-state index contributed by atoms with van der Waals surface area (Å²) in [5, 5.41) is 4.27. The number of aryl methyl sites for hydroxylation is 2. The van der Waals surface area contributed by atoms with Crippen molar-refractivity contribution in [2.45, 2.75) is 45.7 Å². The molecular formula is C19H27N3O. The first-order chi connectivity index (χ1) is 11.0. The fourth-order valence-electron chi connectivity index (χ4n) is 3.69. The minimum absolute atomic E-state index is 0.109. The van der Waals surface area contributed by atoms with Gasteiger partial charge in [-0.1, -0.05) is 6.07 Å². The summed E-state index contributed by atoms with van der Waals surface area (Å²) in [7, 11) is 2.21. The number of benzene rings is 1. The highest BCUT2D eigenvalue weighted by Crippen LogP contribution is 2.18. The highest BCUT2D eigenvalue weighted by Gasteiger charge is 2.19. The molecule has 4 heteroatoms. The van der Waals surface area contributed by atoms with Crippen LogP contribution in [-0.2, 0) is 6.54 Å². The summed E-state index contributed by atoms with van der Waals surface area (Å²) in [6.07, 6.45) is 3.80. The Labute approximate surface area is 137 Å². The zero-order valence-corrected chi connectivity index (χ0v) is 14.4. The molecule has 2 aromatic rings. The molecule has 0 saturated carbocycles. The van der Waals surface area contributed by atoms with Crippen molar-refractivity contribution in [3.63, 3.8) is 0 Å². The van der Waals surface area contributed by atoms with E-state index in [2.05, 4.69) is 35.2 Å². The molecule has 0 aliphatic carbocycles. The Balaban J connectivity index is 1.65. The smallest absolute Gasteiger partial charge is 0.189 e. The van der Waals surface area contributed by atoms with Crippen molar-refractivity contribution in [2.75, 3.05) is 20.1 Å². The molecule has 4 nitrogen and oxygen atoms in total. The first kappa shape index (κ1) is 16.2. The van der Waals surface area contributed by atoms with Gasteiger partial charge in [0.05, 0.1) is 5.52 Å². The standard InChI is InChI=1S/C19H27N3O/c1-13-9-14(2)19-17(10-13)18(23)11-15(21-19)12-20-7-6-16-5-4-8-22(16)3/h9-11,16,20H,4-8,12H2,1-3H3,(H,21,23). The van der Waals surface area contributed by atoms with Crippen LogP contribution in [0, 0.1) is 13.8 Å². The van der Waals surface area contributed by atoms with Crippen LogP contribution in [0.4, 0.5) is 0 Å². The van der Waals surface area contributed by atoms with Crippen molar-refractivity contribution in [1.29, 1.82) is 0 Å². The molecule has 1 aliphatic rings. The summed E-state index contributed by atoms with van der Waals surface area (Å²) in [5.41, 5.74) is 4.31. The lowest BCUT2D eigenvalue weighted by Gasteiger charge is -2.19. The van der Waals surface area contributed by atoms with Crippen LogP contribution in [0.5, 0.6) is 0 Å². The number of aromatic amines is 1. The second-order valence-electron chi connectivity index (χ2n) is 6.91. The molecule has 1 fully saturated rings. The van der Waals surface area contributed by atoms with E-state index in [1.54, 1.807) is 6.07 Å². The van der Waals surface area contributed by atoms with Crippen LogP contribution in [0.3, 0.4) is 0 Å². The third kappa shape index (κ3) is 3.65. The third-order valence-electron chi connectivity index (χ3n) is 4.98. The molecule has 3 rings (SSSR count). The lowest BCUT2D eigenvalue weighted by molar-refractivity contribution is 0.293. The summed E-state index contributed by atoms with van der Waals surface area (Å²) >= 11 is 0. The highest BCUT2D eigenvalue weighted by atomic mass is 16.1. The molecule has 0 spiro atoms. The van der Waals surface area contributed by atoms with Crippen LogP contribution in [-0.4, -0.2) is 36.1 Å². The summed E-state index contributed by atoms with van der Waals surface area (Å²) in [5.74, 6) is 0. The summed E-state index contributed by atoms with van der Waals surface area (Å²) in [6, 6.07) is 6.53. The van der Waals surface area contributed by atoms with Gasteiger partial charge in [-0.05, 0) is 70.4 Å². The van der Waals surface area contributed by atoms with Crippen LogP contribution < -0.4 is 10.7 Å². The van der Waals surface area contributed by atoms with E-state index in [4.69, 9.17) is 0 Å². The molecule has 0 bridgehead atoms. The van der Waals surface area contributed by atoms with Gasteiger partial charge in [-0.15, -0.1) is 0 Å². The van der Waals surface area contributed by atoms with Gasteiger partial charge in [-0.3, -0.25) is 4.79 Å². The van der Waals surface area contributed by atoms with Gasteiger partial charge < -0.3 is 15.2 Å². The summed E-state index contributed by atoms with van der Waals surface area (Å²) < 4.78 is 0. The Morgan fingerprint density at radius 3 is 2.87 bits per heavy atom. The Hall–Kier alpha value is -1.65. The average Bonchev–Trinajstić information content (AvgIpc) is 2.90. The molecule has 0 radical (unpaired) electrons. The number of H-pyrrole nitrogens is 1. The molecular weight excluding hydrogens is 286 g/mol. The molecule has 124 valence electrons. The molecule has 23 heavy (non-hydrogen) atoms. The van der Waals surface area contributed by atoms with E-state index < -0.39 is 0 Å². The maximum atomic E-state index is 12.3. The zero-order chi connectivity index (χ0) is 16.4. The largest absolute Gasteiger partial charge is 0.357 e. The lowest BCUT2D eigenvalue weighted by atomic mass is 10.1. The van der Waals surface area contributed by atoms with Crippen LogP contribution in [0.2, 0.25) is 0 Å². The minimum Gasteiger partial charge on any atom is -0.357 e. The van der Waals surface area contributed by atoms with E-state index in [0.717, 1.165) is 40.8 Å². The van der Waals surface area contributed by atoms with Gasteiger partial charge in [0.15, 0.2) is 5.43 Å². The number of hydrogen-bond donors (Lipinski definition) is 2. The molecule has 1 aromatic carbocycles. The number of nitrogens with zero attached hydrogens (tertiary/aromatic N) is 1. The Morgan fingerprint density at radius 2 is 2.13 bits per heavy atom. The minimum atomic E-state index is 0.109. The van der Waals surface area contributed by atoms with E-state index in [1.165, 1.54) is 25.8 Å². The molecule has 2 heterocycles. The van der Waals surface area contributed by atoms with Gasteiger partial charge in [-0.2, -0.15) is 0 Å². The van der Waals surface area contributed by atoms with Gasteiger partial charge in [-0.25, -0.2) is 0 Å². The fourth-order valence-corrected chi connectivity index (χ4v) is 3.69. The highest BCUT2D eigenvalue weighted by molar-refractivity contribution is 5.82. The molecule has 1 saturated heterocycles. The van der Waals surface area contributed by atoms with Gasteiger partial charge in [0, 0.05) is 29.7 Å². The van der Waals surface area contributed by atoms with E-state index in [9.17, 15) is 4.79 Å². The van der Waals surface area contributed by atoms with E-state index in [-0.39, 0.29) is 5.43 Å². The lowest BCUT2D eigenvalue weighted by Crippen LogP contribution is -2.29. The fraction of sp³-hybridized carbons (Fsp3) is 0.526. The first-order valence-corrected chi connectivity index (χ1v) is 8.58. The number of likely N-dealkylation sites (tertiary alicyclic amines) is 1. The summed E-state index contributed by atoms with van der Waals surface area (Å²) in [4.78, 5) is 18.2. The molecule has 1 aromatic heterocycles. The van der Waals surface area contributed by atoms with Crippen molar-refractivity contribution >= 4 is 10.9 Å². The monoisotopic (exact) mass is 313 g/mol. The molecule has 1 atom stereocenters. The van der Waals surface area contributed by atoms with Crippen molar-refractivity contribution in [3.8, 4) is 0 Å². The quantitative estimate of drug-likeness (QED) is 0.835. The van der Waals surface area contributed by atoms with Crippen LogP contribution >= 0.6 is 0 Å². The van der Waals surface area contributed by atoms with Crippen LogP contribution in [0.15, 0.2) is 23.0 Å². The van der Waals surface area contributed by atoms with E-state index >= 15 is 0 Å². The summed E-state index contributed by atoms with van der Waals surface area (Å²) in [6.45, 7) is 7.01. The Bertz CT molecular complexity index is 750. The Kier molecular flexibility index (Phi) is 4.83. The number of rotatable bonds is 5. The maximum absolute atomic E-state index is 12.3. The van der Waals surface area contributed by atoms with Gasteiger partial charge in [0.2, 0.25) is 0 Å². The average molecular weight is 313 g/mol. The number of hydrogen-bond acceptors (Lipinski definition) is 3. The number of pyridine rings is 1. The molecule has 2 N–H and O–H groups in total. The Morgan fingerprint density at radius 1 is 1.30 bits per heavy atom. The topological polar surface area (TPSA) is 48.1 Å². The van der Waals surface area contributed by atoms with Crippen molar-refractivity contribution in [1.82, 2.24) is 15.2 Å². The predicted molar refractivity (Wildman–Crippen MR) is 96.0 cm³/mol. The van der Waals surface area contributed by atoms with Gasteiger partial charge in [0.25, 0.3) is 0 Å². The van der Waals surface area contributed by atoms with Crippen LogP contribution in [0.25, 0.3) is 10.9 Å². The third-order valence-corrected chi connectivity index (χ3v) is 4.98. The van der Waals surface area contributed by atoms with E-state index in [0.29, 0.717) is 6.04 Å². The van der Waals surface area contributed by atoms with Crippen molar-refractivity contribution in [3.05, 3.63) is 45.2 Å². The molecule has 1 aliphatic heterocycles. The molecule has 0 amide bonds. The van der Waals surface area contributed by atoms with Gasteiger partial charge in [0.1, 0.15) is 0 Å². The number of fused-ring (bicyclic) bond motifs is 1. The van der Waals surface area contributed by atoms with E-state index in [1.807, 2.05) is 13.0 Å². The second kappa shape index (κ2) is 6.85. The van der Waals surface area contributed by atoms with Crippen LogP contribution in [0.1, 0.15) is 36.1 Å². The number of nitrogens with one attached hydrogen (secondary N) is 2. The second-order valence-corrected chi connectivity index (χ2v) is 6.91. The maximum Gasteiger partial charge on any atom is 0.189 e.